The van der Waals surface area contributed by atoms with E-state index in [1.54, 1.807) is 0 Å². The van der Waals surface area contributed by atoms with Crippen LogP contribution in [0.15, 0.2) is 321 Å². The Morgan fingerprint density at radius 2 is 0.627 bits per heavy atom. The molecule has 30 aromatic rings. The minimum atomic E-state index is 0.552. The van der Waals surface area contributed by atoms with Gasteiger partial charge in [-0.05, 0) is 149 Å². The Balaban J connectivity index is 0.565. The van der Waals surface area contributed by atoms with Gasteiger partial charge < -0.3 is 26.5 Å². The van der Waals surface area contributed by atoms with Crippen LogP contribution in [0.25, 0.3) is 294 Å². The highest BCUT2D eigenvalue weighted by Gasteiger charge is 2.32. The van der Waals surface area contributed by atoms with Gasteiger partial charge in [0.2, 0.25) is 11.9 Å². The monoisotopic (exact) mass is 1540 g/mol. The average molecular weight is 1540 g/mol. The number of nitrogens with zero attached hydrogens (tertiary/aromatic N) is 8. The Hall–Kier alpha value is -15.5. The molecule has 0 fully saturated rings. The molecule has 14 aromatic heterocycles. The molecule has 0 radical (unpaired) electrons. The van der Waals surface area contributed by atoms with Gasteiger partial charge >= 0.3 is 0 Å². The number of hydrogen-bond acceptors (Lipinski definition) is 10. The Labute approximate surface area is 671 Å². The van der Waals surface area contributed by atoms with Crippen molar-refractivity contribution in [3.05, 3.63) is 303 Å². The van der Waals surface area contributed by atoms with Gasteiger partial charge in [0.25, 0.3) is 0 Å². The van der Waals surface area contributed by atoms with Crippen LogP contribution in [0.5, 0.6) is 0 Å². The first kappa shape index (κ1) is 61.1. The summed E-state index contributed by atoms with van der Waals surface area (Å²) in [7, 11) is 0. The van der Waals surface area contributed by atoms with Crippen LogP contribution >= 0.6 is 22.7 Å². The van der Waals surface area contributed by atoms with Crippen LogP contribution in [0.1, 0.15) is 0 Å². The lowest BCUT2D eigenvalue weighted by Gasteiger charge is -2.11. The number of rotatable bonds is 7. The van der Waals surface area contributed by atoms with Crippen molar-refractivity contribution >= 4 is 249 Å². The summed E-state index contributed by atoms with van der Waals surface area (Å²) in [4.78, 5) is 22.6. The fourth-order valence-corrected chi connectivity index (χ4v) is 23.2. The standard InChI is InChI=1S/C104H50N8O4S2/c1-5-20-68-59(13-1)61-39-45-83-92-90-81(117-83)47-41-74-88(90)86-70(109(68)98(61)92)22-11-24-72(86)111(74)103-105-94(101-96(107-103)65-16-4-8-27-77(65)115-101)54-35-31-52(32-36-54)58-18-9-19-63-66-49-55(37-43-78(66)114-100(58)63)56-38-44-79-67(50-56)97-102(116-79)95(53-33-29-51(30-34-53)57-17-10-28-80-85(57)64-15-3-7-26-76(64)113-80)106-104(108-97)112-73-25-12-23-71-87(73)89-75(112)42-48-82-91(89)93-84(118-82)46-40-62-60-14-2-6-21-69(60)110(71)99(62)93/h1-50H. The zero-order chi connectivity index (χ0) is 75.9. The van der Waals surface area contributed by atoms with Crippen molar-refractivity contribution < 1.29 is 17.7 Å². The third kappa shape index (κ3) is 7.58. The molecule has 0 unspecified atom stereocenters. The van der Waals surface area contributed by atoms with E-state index in [4.69, 9.17) is 37.6 Å². The summed E-state index contributed by atoms with van der Waals surface area (Å²) in [6.07, 6.45) is 0. The molecule has 0 N–H and O–H groups in total. The normalized spacial score (nSPS) is 12.9. The van der Waals surface area contributed by atoms with Crippen molar-refractivity contribution in [3.8, 4) is 67.8 Å². The molecule has 16 aromatic carbocycles. The van der Waals surface area contributed by atoms with Crippen LogP contribution in [0.4, 0.5) is 0 Å². The van der Waals surface area contributed by atoms with Crippen LogP contribution < -0.4 is 0 Å². The van der Waals surface area contributed by atoms with Gasteiger partial charge in [0, 0.05) is 132 Å². The molecule has 0 aliphatic heterocycles. The lowest BCUT2D eigenvalue weighted by Crippen LogP contribution is -2.03. The Morgan fingerprint density at radius 1 is 0.220 bits per heavy atom. The molecule has 0 saturated heterocycles. The maximum Gasteiger partial charge on any atom is 0.236 e. The highest BCUT2D eigenvalue weighted by atomic mass is 32.1. The number of furan rings is 4. The minimum Gasteiger partial charge on any atom is -0.456 e. The minimum absolute atomic E-state index is 0.552. The number of benzene rings is 16. The van der Waals surface area contributed by atoms with Gasteiger partial charge in [-0.15, -0.1) is 22.7 Å². The van der Waals surface area contributed by atoms with Gasteiger partial charge in [0.1, 0.15) is 55.9 Å². The van der Waals surface area contributed by atoms with Gasteiger partial charge in [-0.3, -0.25) is 9.13 Å². The smallest absolute Gasteiger partial charge is 0.236 e. The van der Waals surface area contributed by atoms with Crippen LogP contribution in [0.3, 0.4) is 0 Å². The fourth-order valence-electron chi connectivity index (χ4n) is 21.0. The number of aromatic nitrogens is 8. The molecule has 0 aliphatic carbocycles. The van der Waals surface area contributed by atoms with E-state index in [1.165, 1.54) is 106 Å². The number of hydrogen-bond donors (Lipinski definition) is 0. The summed E-state index contributed by atoms with van der Waals surface area (Å²) in [5, 5.41) is 20.9. The maximum absolute atomic E-state index is 7.12. The topological polar surface area (TPSA) is 123 Å². The quantitative estimate of drug-likeness (QED) is 0.155. The molecule has 542 valence electrons. The largest absolute Gasteiger partial charge is 0.456 e. The van der Waals surface area contributed by atoms with Crippen molar-refractivity contribution in [1.82, 2.24) is 37.9 Å². The predicted molar refractivity (Wildman–Crippen MR) is 485 cm³/mol. The highest BCUT2D eigenvalue weighted by molar-refractivity contribution is 7.26. The summed E-state index contributed by atoms with van der Waals surface area (Å²) in [5.74, 6) is 1.13. The van der Waals surface area contributed by atoms with E-state index in [0.717, 1.165) is 149 Å². The Bertz CT molecular complexity index is 9740. The molecular weight excluding hydrogens is 1490 g/mol. The van der Waals surface area contributed by atoms with E-state index >= 15 is 0 Å². The van der Waals surface area contributed by atoms with Crippen LogP contribution in [-0.4, -0.2) is 37.9 Å². The number of fused-ring (bicyclic) bond motifs is 20. The fraction of sp³-hybridized carbons (Fsp3) is 0. The van der Waals surface area contributed by atoms with Crippen molar-refractivity contribution in [3.63, 3.8) is 0 Å². The first-order valence-electron chi connectivity index (χ1n) is 39.7. The second-order valence-electron chi connectivity index (χ2n) is 31.7. The van der Waals surface area contributed by atoms with Crippen molar-refractivity contribution in [2.24, 2.45) is 0 Å². The first-order valence-corrected chi connectivity index (χ1v) is 41.4. The molecule has 0 bridgehead atoms. The summed E-state index contributed by atoms with van der Waals surface area (Å²) < 4.78 is 42.0. The molecule has 30 rings (SSSR count). The third-order valence-electron chi connectivity index (χ3n) is 25.9. The van der Waals surface area contributed by atoms with E-state index in [-0.39, 0.29) is 0 Å². The first-order chi connectivity index (χ1) is 58.5. The molecule has 0 saturated carbocycles. The molecule has 14 heteroatoms. The van der Waals surface area contributed by atoms with Gasteiger partial charge in [0.15, 0.2) is 11.2 Å². The van der Waals surface area contributed by atoms with E-state index in [0.29, 0.717) is 40.0 Å². The number of thiophene rings is 2. The van der Waals surface area contributed by atoms with Gasteiger partial charge in [-0.2, -0.15) is 0 Å². The molecule has 0 amide bonds. The summed E-state index contributed by atoms with van der Waals surface area (Å²) in [6, 6.07) is 109. The van der Waals surface area contributed by atoms with E-state index in [9.17, 15) is 0 Å². The van der Waals surface area contributed by atoms with Crippen molar-refractivity contribution in [1.29, 1.82) is 0 Å². The Kier molecular flexibility index (Phi) is 11.1. The molecular formula is C104H50N8O4S2. The van der Waals surface area contributed by atoms with Crippen molar-refractivity contribution in [2.45, 2.75) is 0 Å². The van der Waals surface area contributed by atoms with Crippen LogP contribution in [-0.2, 0) is 0 Å². The van der Waals surface area contributed by atoms with Crippen LogP contribution in [0.2, 0.25) is 0 Å². The molecule has 118 heavy (non-hydrogen) atoms. The van der Waals surface area contributed by atoms with Gasteiger partial charge in [-0.25, -0.2) is 19.9 Å². The maximum atomic E-state index is 7.12. The molecule has 14 heterocycles. The summed E-state index contributed by atoms with van der Waals surface area (Å²) in [6.45, 7) is 0. The highest BCUT2D eigenvalue weighted by Crippen LogP contribution is 2.54. The second kappa shape index (κ2) is 21.5. The Morgan fingerprint density at radius 3 is 1.23 bits per heavy atom. The molecule has 12 nitrogen and oxygen atoms in total. The zero-order valence-corrected chi connectivity index (χ0v) is 63.5. The van der Waals surface area contributed by atoms with Gasteiger partial charge in [-0.1, -0.05) is 182 Å². The number of para-hydroxylation sites is 5. The lowest BCUT2D eigenvalue weighted by molar-refractivity contribution is 0.666. The zero-order valence-electron chi connectivity index (χ0n) is 61.9. The molecule has 0 spiro atoms. The van der Waals surface area contributed by atoms with E-state index in [1.807, 2.05) is 53.0 Å². The second-order valence-corrected chi connectivity index (χ2v) is 33.9. The summed E-state index contributed by atoms with van der Waals surface area (Å²) in [5.41, 5.74) is 28.2. The van der Waals surface area contributed by atoms with Gasteiger partial charge in [0.05, 0.1) is 55.2 Å². The molecule has 0 atom stereocenters. The average Bonchev–Trinajstić information content (AvgIpc) is 1.51. The molecule has 0 aliphatic rings. The van der Waals surface area contributed by atoms with E-state index < -0.39 is 0 Å². The van der Waals surface area contributed by atoms with Crippen LogP contribution in [0, 0.1) is 0 Å². The predicted octanol–water partition coefficient (Wildman–Crippen LogP) is 29.0. The third-order valence-corrected chi connectivity index (χ3v) is 28.1. The lowest BCUT2D eigenvalue weighted by atomic mass is 9.97. The SMILES string of the molecule is c1ccc2c(c1)oc1c(-c3ccc(-c4cccc5c4oc4ccc(-c6ccc7oc8c(-c9ccc(-c%10cccc%11oc%12ccccc%12c%10%11)cc9)nc(-n9c%10ccc%11sc%12ccc%13c%14ccccc%14n%14c%15cccc9c%15c%10c%11c%12c%13%14)nc8c7c6)cc45)cc3)nc(-n3c4ccc5sc6ccc7c8ccccc8n8c9cccc3c9c4c5c6c78)nc12. The summed E-state index contributed by atoms with van der Waals surface area (Å²) >= 11 is 3.73. The van der Waals surface area contributed by atoms with E-state index in [2.05, 4.69) is 291 Å². The van der Waals surface area contributed by atoms with Crippen molar-refractivity contribution in [2.75, 3.05) is 0 Å².